The fraction of sp³-hybridized carbons (Fsp3) is 0.0784. The zero-order valence-corrected chi connectivity index (χ0v) is 30.9. The summed E-state index contributed by atoms with van der Waals surface area (Å²) in [5.74, 6) is 0. The molecule has 0 spiro atoms. The van der Waals surface area contributed by atoms with E-state index in [0.717, 1.165) is 83.6 Å². The molecule has 1 heteroatoms. The van der Waals surface area contributed by atoms with Crippen LogP contribution in [0.3, 0.4) is 0 Å². The van der Waals surface area contributed by atoms with E-state index in [9.17, 15) is 0 Å². The van der Waals surface area contributed by atoms with Crippen molar-refractivity contribution in [2.45, 2.75) is 27.7 Å². The van der Waals surface area contributed by atoms with Crippen molar-refractivity contribution in [1.29, 1.82) is 0 Å². The minimum Gasteiger partial charge on any atom is -0.248 e. The molecule has 5 rings (SSSR count). The van der Waals surface area contributed by atoms with Crippen molar-refractivity contribution >= 4 is 35.7 Å². The molecular formula is C51H47N. The Kier molecular flexibility index (Phi) is 12.5. The van der Waals surface area contributed by atoms with E-state index in [4.69, 9.17) is 4.99 Å². The van der Waals surface area contributed by atoms with Gasteiger partial charge in [0, 0.05) is 5.56 Å². The molecule has 5 aromatic rings. The molecule has 0 unspecified atom stereocenters. The number of hydrogen-bond acceptors (Lipinski definition) is 1. The van der Waals surface area contributed by atoms with Crippen LogP contribution in [0.15, 0.2) is 182 Å². The summed E-state index contributed by atoms with van der Waals surface area (Å²) in [6.07, 6.45) is 18.1. The number of rotatable bonds is 13. The highest BCUT2D eigenvalue weighted by Crippen LogP contribution is 2.38. The summed E-state index contributed by atoms with van der Waals surface area (Å²) >= 11 is 0. The van der Waals surface area contributed by atoms with Gasteiger partial charge in [0.25, 0.3) is 0 Å². The fourth-order valence-electron chi connectivity index (χ4n) is 6.46. The van der Waals surface area contributed by atoms with E-state index in [0.29, 0.717) is 5.70 Å². The first-order valence-electron chi connectivity index (χ1n) is 17.7. The molecule has 52 heavy (non-hydrogen) atoms. The molecule has 0 saturated heterocycles. The van der Waals surface area contributed by atoms with Gasteiger partial charge in [-0.25, -0.2) is 4.99 Å². The molecule has 0 aliphatic carbocycles. The van der Waals surface area contributed by atoms with E-state index in [1.54, 1.807) is 6.08 Å². The lowest BCUT2D eigenvalue weighted by Crippen LogP contribution is -2.06. The highest BCUT2D eigenvalue weighted by molar-refractivity contribution is 6.16. The van der Waals surface area contributed by atoms with E-state index >= 15 is 0 Å². The van der Waals surface area contributed by atoms with Gasteiger partial charge in [-0.2, -0.15) is 0 Å². The second-order valence-electron chi connectivity index (χ2n) is 12.7. The molecule has 1 nitrogen and oxygen atoms in total. The summed E-state index contributed by atoms with van der Waals surface area (Å²) < 4.78 is 0. The van der Waals surface area contributed by atoms with Crippen LogP contribution in [0.5, 0.6) is 0 Å². The van der Waals surface area contributed by atoms with Crippen molar-refractivity contribution in [1.82, 2.24) is 0 Å². The summed E-state index contributed by atoms with van der Waals surface area (Å²) in [6, 6.07) is 38.5. The fourth-order valence-corrected chi connectivity index (χ4v) is 6.46. The standard InChI is InChI=1S/C51H47N/c1-9-14-26-48(36(6)7)51(42-22-16-15-17-23-42)52-37(8)38-29-31-39(32-30-38)43-33-44(49-27-18-24-40(20-10-2)46(49)12-4)35-45(34-43)50-28-19-25-41(21-11-3)47(50)13-5/h9-35H,1,4-5,8H2,2-3,6-7H3/b20-10-,21-11-,26-14-,52-51?. The first-order valence-corrected chi connectivity index (χ1v) is 17.7. The highest BCUT2D eigenvalue weighted by Gasteiger charge is 2.15. The first kappa shape index (κ1) is 37.0. The molecule has 0 aliphatic heterocycles. The molecular weight excluding hydrogens is 627 g/mol. The van der Waals surface area contributed by atoms with E-state index in [1.165, 1.54) is 0 Å². The lowest BCUT2D eigenvalue weighted by Gasteiger charge is -2.16. The zero-order valence-electron chi connectivity index (χ0n) is 30.9. The normalized spacial score (nSPS) is 11.7. The number of allylic oxidation sites excluding steroid dienone is 7. The topological polar surface area (TPSA) is 12.4 Å². The molecule has 5 aromatic carbocycles. The van der Waals surface area contributed by atoms with Crippen LogP contribution in [0.4, 0.5) is 0 Å². The third-order valence-electron chi connectivity index (χ3n) is 8.97. The molecule has 0 N–H and O–H groups in total. The Labute approximate surface area is 311 Å². The summed E-state index contributed by atoms with van der Waals surface area (Å²) in [4.78, 5) is 5.14. The van der Waals surface area contributed by atoms with Crippen molar-refractivity contribution in [3.8, 4) is 33.4 Å². The Morgan fingerprint density at radius 3 is 1.60 bits per heavy atom. The maximum Gasteiger partial charge on any atom is 0.0780 e. The quantitative estimate of drug-likeness (QED) is 0.0871. The molecule has 0 aliphatic rings. The number of hydrogen-bond donors (Lipinski definition) is 0. The predicted molar refractivity (Wildman–Crippen MR) is 232 cm³/mol. The van der Waals surface area contributed by atoms with Gasteiger partial charge in [0.2, 0.25) is 0 Å². The van der Waals surface area contributed by atoms with Crippen LogP contribution < -0.4 is 0 Å². The molecule has 0 radical (unpaired) electrons. The summed E-state index contributed by atoms with van der Waals surface area (Å²) in [7, 11) is 0. The van der Waals surface area contributed by atoms with Gasteiger partial charge in [-0.1, -0.05) is 178 Å². The molecule has 0 fully saturated rings. The molecule has 0 bridgehead atoms. The Morgan fingerprint density at radius 1 is 0.577 bits per heavy atom. The summed E-state index contributed by atoms with van der Waals surface area (Å²) in [5.41, 5.74) is 16.9. The van der Waals surface area contributed by atoms with Gasteiger partial charge in [-0.05, 0) is 113 Å². The second kappa shape index (κ2) is 17.6. The SMILES string of the molecule is C=C/C=C\C(C(=NC(=C)c1ccc(-c2cc(-c3cccc(/C=C\C)c3C=C)cc(-c3cccc(/C=C\C)c3C=C)c2)cc1)c1ccccc1)=C(C)C. The molecule has 0 saturated carbocycles. The van der Waals surface area contributed by atoms with E-state index in [2.05, 4.69) is 162 Å². The Hall–Kier alpha value is -6.31. The van der Waals surface area contributed by atoms with Crippen LogP contribution >= 0.6 is 0 Å². The van der Waals surface area contributed by atoms with E-state index in [-0.39, 0.29) is 0 Å². The Morgan fingerprint density at radius 2 is 1.12 bits per heavy atom. The molecule has 0 amide bonds. The minimum atomic E-state index is 0.693. The second-order valence-corrected chi connectivity index (χ2v) is 12.7. The Bertz CT molecular complexity index is 2170. The predicted octanol–water partition coefficient (Wildman–Crippen LogP) is 14.6. The van der Waals surface area contributed by atoms with Crippen molar-refractivity contribution in [2.75, 3.05) is 0 Å². The van der Waals surface area contributed by atoms with Gasteiger partial charge in [-0.3, -0.25) is 0 Å². The maximum atomic E-state index is 5.14. The Balaban J connectivity index is 1.66. The molecule has 256 valence electrons. The summed E-state index contributed by atoms with van der Waals surface area (Å²) in [5, 5.41) is 0. The largest absolute Gasteiger partial charge is 0.248 e. The van der Waals surface area contributed by atoms with Gasteiger partial charge >= 0.3 is 0 Å². The molecule has 0 heterocycles. The van der Waals surface area contributed by atoms with Crippen LogP contribution in [0, 0.1) is 0 Å². The molecule has 0 atom stereocenters. The van der Waals surface area contributed by atoms with Crippen LogP contribution in [-0.2, 0) is 0 Å². The van der Waals surface area contributed by atoms with Crippen molar-refractivity contribution < 1.29 is 0 Å². The van der Waals surface area contributed by atoms with Gasteiger partial charge < -0.3 is 0 Å². The van der Waals surface area contributed by atoms with E-state index in [1.807, 2.05) is 50.3 Å². The number of nitrogens with zero attached hydrogens (tertiary/aromatic N) is 1. The van der Waals surface area contributed by atoms with Crippen LogP contribution in [0.25, 0.3) is 63.4 Å². The lowest BCUT2D eigenvalue weighted by molar-refractivity contribution is 1.35. The van der Waals surface area contributed by atoms with Gasteiger partial charge in [0.05, 0.1) is 11.4 Å². The van der Waals surface area contributed by atoms with Crippen LogP contribution in [0.2, 0.25) is 0 Å². The monoisotopic (exact) mass is 673 g/mol. The third-order valence-corrected chi connectivity index (χ3v) is 8.97. The van der Waals surface area contributed by atoms with Crippen LogP contribution in [0.1, 0.15) is 61.1 Å². The van der Waals surface area contributed by atoms with Crippen molar-refractivity contribution in [3.63, 3.8) is 0 Å². The summed E-state index contributed by atoms with van der Waals surface area (Å²) in [6.45, 7) is 25.0. The smallest absolute Gasteiger partial charge is 0.0780 e. The minimum absolute atomic E-state index is 0.693. The van der Waals surface area contributed by atoms with Gasteiger partial charge in [-0.15, -0.1) is 0 Å². The van der Waals surface area contributed by atoms with Crippen molar-refractivity contribution in [2.24, 2.45) is 4.99 Å². The maximum absolute atomic E-state index is 5.14. The van der Waals surface area contributed by atoms with Crippen molar-refractivity contribution in [3.05, 3.63) is 210 Å². The van der Waals surface area contributed by atoms with Gasteiger partial charge in [0.1, 0.15) is 0 Å². The lowest BCUT2D eigenvalue weighted by atomic mass is 9.88. The molecule has 0 aromatic heterocycles. The number of aliphatic imine (C=N–C) groups is 1. The average molecular weight is 674 g/mol. The zero-order chi connectivity index (χ0) is 37.0. The van der Waals surface area contributed by atoms with Gasteiger partial charge in [0.15, 0.2) is 0 Å². The van der Waals surface area contributed by atoms with E-state index < -0.39 is 0 Å². The third kappa shape index (κ3) is 8.34. The number of benzene rings is 5. The highest BCUT2D eigenvalue weighted by atomic mass is 14.8. The average Bonchev–Trinajstić information content (AvgIpc) is 3.17. The van der Waals surface area contributed by atoms with Crippen LogP contribution in [-0.4, -0.2) is 5.71 Å². The first-order chi connectivity index (χ1) is 25.3.